The summed E-state index contributed by atoms with van der Waals surface area (Å²) in [4.78, 5) is 0. The van der Waals surface area contributed by atoms with Gasteiger partial charge in [0.1, 0.15) is 0 Å². The predicted molar refractivity (Wildman–Crippen MR) is 62.9 cm³/mol. The Morgan fingerprint density at radius 1 is 1.19 bits per heavy atom. The Bertz CT molecular complexity index is 274. The summed E-state index contributed by atoms with van der Waals surface area (Å²) in [6, 6.07) is 2.31. The van der Waals surface area contributed by atoms with Gasteiger partial charge in [-0.15, -0.1) is 0 Å². The molecule has 0 aromatic rings. The van der Waals surface area contributed by atoms with Crippen molar-refractivity contribution in [2.24, 2.45) is 10.8 Å². The van der Waals surface area contributed by atoms with E-state index < -0.39 is 0 Å². The number of rotatable bonds is 8. The molecule has 2 rings (SSSR count). The molecule has 1 N–H and O–H groups in total. The lowest BCUT2D eigenvalue weighted by Crippen LogP contribution is -2.30. The van der Waals surface area contributed by atoms with Crippen LogP contribution in [0.25, 0.3) is 0 Å². The highest BCUT2D eigenvalue weighted by molar-refractivity contribution is 5.02. The largest absolute Gasteiger partial charge is 0.385 e. The van der Waals surface area contributed by atoms with E-state index in [4.69, 9.17) is 10.00 Å². The maximum absolute atomic E-state index is 8.74. The van der Waals surface area contributed by atoms with Crippen molar-refractivity contribution < 1.29 is 4.74 Å². The van der Waals surface area contributed by atoms with Crippen LogP contribution in [0.15, 0.2) is 0 Å². The van der Waals surface area contributed by atoms with Gasteiger partial charge < -0.3 is 10.1 Å². The first-order chi connectivity index (χ1) is 7.74. The second-order valence-corrected chi connectivity index (χ2v) is 5.68. The van der Waals surface area contributed by atoms with E-state index in [0.29, 0.717) is 10.8 Å². The lowest BCUT2D eigenvalue weighted by Gasteiger charge is -2.18. The fourth-order valence-corrected chi connectivity index (χ4v) is 2.36. The molecule has 0 heterocycles. The molecule has 0 amide bonds. The van der Waals surface area contributed by atoms with Gasteiger partial charge >= 0.3 is 0 Å². The van der Waals surface area contributed by atoms with Gasteiger partial charge in [0.15, 0.2) is 0 Å². The Morgan fingerprint density at radius 2 is 1.81 bits per heavy atom. The molecule has 16 heavy (non-hydrogen) atoms. The SMILES string of the molecule is COCCC1(CNCC2(CC#N)CC2)CC1. The summed E-state index contributed by atoms with van der Waals surface area (Å²) in [6.45, 7) is 3.03. The van der Waals surface area contributed by atoms with Gasteiger partial charge in [-0.1, -0.05) is 0 Å². The summed E-state index contributed by atoms with van der Waals surface area (Å²) in [5, 5.41) is 12.3. The van der Waals surface area contributed by atoms with Crippen LogP contribution in [0.5, 0.6) is 0 Å². The van der Waals surface area contributed by atoms with Crippen LogP contribution >= 0.6 is 0 Å². The van der Waals surface area contributed by atoms with Crippen LogP contribution in [0.2, 0.25) is 0 Å². The highest BCUT2D eigenvalue weighted by atomic mass is 16.5. The van der Waals surface area contributed by atoms with E-state index in [9.17, 15) is 0 Å². The van der Waals surface area contributed by atoms with E-state index in [0.717, 1.165) is 26.1 Å². The Hall–Kier alpha value is -0.590. The molecule has 2 aliphatic carbocycles. The molecule has 0 saturated heterocycles. The summed E-state index contributed by atoms with van der Waals surface area (Å²) < 4.78 is 5.15. The third-order valence-corrected chi connectivity index (χ3v) is 4.20. The van der Waals surface area contributed by atoms with Gasteiger partial charge in [-0.25, -0.2) is 0 Å². The standard InChI is InChI=1S/C13H22N2O/c1-16-9-7-13(4-5-13)11-15-10-12(2-3-12)6-8-14/h15H,2-7,9-11H2,1H3. The van der Waals surface area contributed by atoms with E-state index in [1.807, 2.05) is 0 Å². The fourth-order valence-electron chi connectivity index (χ4n) is 2.36. The van der Waals surface area contributed by atoms with E-state index in [1.165, 1.54) is 32.1 Å². The second-order valence-electron chi connectivity index (χ2n) is 5.68. The average molecular weight is 222 g/mol. The summed E-state index contributed by atoms with van der Waals surface area (Å²) >= 11 is 0. The Kier molecular flexibility index (Phi) is 3.51. The first kappa shape index (κ1) is 11.9. The smallest absolute Gasteiger partial charge is 0.0628 e. The number of ether oxygens (including phenoxy) is 1. The van der Waals surface area contributed by atoms with E-state index in [2.05, 4.69) is 11.4 Å². The molecular formula is C13H22N2O. The van der Waals surface area contributed by atoms with Crippen LogP contribution in [-0.4, -0.2) is 26.8 Å². The zero-order valence-corrected chi connectivity index (χ0v) is 10.2. The zero-order valence-electron chi connectivity index (χ0n) is 10.2. The summed E-state index contributed by atoms with van der Waals surface area (Å²) in [5.41, 5.74) is 0.866. The van der Waals surface area contributed by atoms with Gasteiger partial charge in [-0.3, -0.25) is 0 Å². The molecule has 2 saturated carbocycles. The van der Waals surface area contributed by atoms with Crippen LogP contribution in [0.4, 0.5) is 0 Å². The number of nitriles is 1. The molecule has 0 bridgehead atoms. The average Bonchev–Trinajstić information content (AvgIpc) is 3.16. The quantitative estimate of drug-likeness (QED) is 0.684. The second kappa shape index (κ2) is 4.73. The molecule has 90 valence electrons. The monoisotopic (exact) mass is 222 g/mol. The molecule has 0 aromatic heterocycles. The van der Waals surface area contributed by atoms with Crippen molar-refractivity contribution in [3.05, 3.63) is 0 Å². The molecular weight excluding hydrogens is 200 g/mol. The number of hydrogen-bond acceptors (Lipinski definition) is 3. The minimum Gasteiger partial charge on any atom is -0.385 e. The molecule has 0 radical (unpaired) electrons. The van der Waals surface area contributed by atoms with Crippen molar-refractivity contribution in [3.63, 3.8) is 0 Å². The Morgan fingerprint density at radius 3 is 2.31 bits per heavy atom. The van der Waals surface area contributed by atoms with Crippen molar-refractivity contribution in [1.82, 2.24) is 5.32 Å². The summed E-state index contributed by atoms with van der Waals surface area (Å²) in [5.74, 6) is 0. The third kappa shape index (κ3) is 2.96. The molecule has 3 nitrogen and oxygen atoms in total. The predicted octanol–water partition coefficient (Wildman–Crippen LogP) is 2.09. The number of nitrogens with zero attached hydrogens (tertiary/aromatic N) is 1. The fraction of sp³-hybridized carbons (Fsp3) is 0.923. The highest BCUT2D eigenvalue weighted by Crippen LogP contribution is 2.50. The highest BCUT2D eigenvalue weighted by Gasteiger charge is 2.45. The number of hydrogen-bond donors (Lipinski definition) is 1. The van der Waals surface area contributed by atoms with Gasteiger partial charge in [0.2, 0.25) is 0 Å². The minimum atomic E-state index is 0.339. The lowest BCUT2D eigenvalue weighted by atomic mass is 10.0. The van der Waals surface area contributed by atoms with Gasteiger partial charge in [0, 0.05) is 33.2 Å². The first-order valence-corrected chi connectivity index (χ1v) is 6.31. The van der Waals surface area contributed by atoms with E-state index in [-0.39, 0.29) is 0 Å². The van der Waals surface area contributed by atoms with Gasteiger partial charge in [-0.05, 0) is 42.9 Å². The van der Waals surface area contributed by atoms with E-state index in [1.54, 1.807) is 7.11 Å². The Labute approximate surface area is 98.2 Å². The molecule has 2 aliphatic rings. The summed E-state index contributed by atoms with van der Waals surface area (Å²) in [6.07, 6.45) is 7.06. The van der Waals surface area contributed by atoms with Crippen molar-refractivity contribution in [2.75, 3.05) is 26.8 Å². The van der Waals surface area contributed by atoms with Gasteiger partial charge in [0.05, 0.1) is 6.07 Å². The van der Waals surface area contributed by atoms with Gasteiger partial charge in [-0.2, -0.15) is 5.26 Å². The molecule has 0 aromatic carbocycles. The zero-order chi connectivity index (χ0) is 11.5. The van der Waals surface area contributed by atoms with Crippen LogP contribution in [0.1, 0.15) is 38.5 Å². The van der Waals surface area contributed by atoms with Crippen molar-refractivity contribution in [1.29, 1.82) is 5.26 Å². The van der Waals surface area contributed by atoms with Crippen LogP contribution in [-0.2, 0) is 4.74 Å². The maximum Gasteiger partial charge on any atom is 0.0628 e. The topological polar surface area (TPSA) is 45.0 Å². The van der Waals surface area contributed by atoms with Crippen LogP contribution in [0, 0.1) is 22.2 Å². The van der Waals surface area contributed by atoms with Crippen molar-refractivity contribution in [3.8, 4) is 6.07 Å². The molecule has 0 spiro atoms. The molecule has 3 heteroatoms. The normalized spacial score (nSPS) is 23.8. The van der Waals surface area contributed by atoms with E-state index >= 15 is 0 Å². The Balaban J connectivity index is 1.63. The third-order valence-electron chi connectivity index (χ3n) is 4.20. The lowest BCUT2D eigenvalue weighted by molar-refractivity contribution is 0.170. The molecule has 0 aliphatic heterocycles. The van der Waals surface area contributed by atoms with Crippen LogP contribution < -0.4 is 5.32 Å². The molecule has 2 fully saturated rings. The van der Waals surface area contributed by atoms with Gasteiger partial charge in [0.25, 0.3) is 0 Å². The number of nitrogens with one attached hydrogen (secondary N) is 1. The van der Waals surface area contributed by atoms with Crippen molar-refractivity contribution >= 4 is 0 Å². The van der Waals surface area contributed by atoms with Crippen molar-refractivity contribution in [2.45, 2.75) is 38.5 Å². The van der Waals surface area contributed by atoms with Crippen LogP contribution in [0.3, 0.4) is 0 Å². The first-order valence-electron chi connectivity index (χ1n) is 6.31. The minimum absolute atomic E-state index is 0.339. The molecule has 0 unspecified atom stereocenters. The maximum atomic E-state index is 8.74. The number of methoxy groups -OCH3 is 1. The summed E-state index contributed by atoms with van der Waals surface area (Å²) in [7, 11) is 1.77. The molecule has 0 atom stereocenters.